The number of fused-ring (bicyclic) bond motifs is 1. The molecule has 0 radical (unpaired) electrons. The van der Waals surface area contributed by atoms with Gasteiger partial charge < -0.3 is 15.6 Å². The van der Waals surface area contributed by atoms with Crippen LogP contribution in [0, 0.1) is 5.92 Å². The van der Waals surface area contributed by atoms with Gasteiger partial charge in [0.2, 0.25) is 0 Å². The summed E-state index contributed by atoms with van der Waals surface area (Å²) in [5, 5.41) is 3.46. The van der Waals surface area contributed by atoms with Gasteiger partial charge in [-0.05, 0) is 31.2 Å². The van der Waals surface area contributed by atoms with E-state index in [-0.39, 0.29) is 6.04 Å². The van der Waals surface area contributed by atoms with Crippen LogP contribution in [0.2, 0.25) is 0 Å². The fraction of sp³-hybridized carbons (Fsp3) is 0.636. The highest BCUT2D eigenvalue weighted by Crippen LogP contribution is 2.42. The number of hydrogen-bond acceptors (Lipinski definition) is 2. The molecule has 3 nitrogen and oxygen atoms in total. The van der Waals surface area contributed by atoms with Gasteiger partial charge in [-0.3, -0.25) is 0 Å². The number of aryl methyl sites for hydroxylation is 1. The SMILES string of the molecule is NC(c1ccn2c1NCCC2)C1CC1. The van der Waals surface area contributed by atoms with E-state index in [0.29, 0.717) is 0 Å². The molecule has 1 atom stereocenters. The molecule has 1 saturated carbocycles. The van der Waals surface area contributed by atoms with Crippen LogP contribution >= 0.6 is 0 Å². The molecule has 1 aromatic heterocycles. The highest BCUT2D eigenvalue weighted by atomic mass is 15.1. The van der Waals surface area contributed by atoms with E-state index in [9.17, 15) is 0 Å². The van der Waals surface area contributed by atoms with Gasteiger partial charge in [0.15, 0.2) is 0 Å². The molecule has 0 amide bonds. The summed E-state index contributed by atoms with van der Waals surface area (Å²) in [6.45, 7) is 2.23. The Bertz CT molecular complexity index is 338. The highest BCUT2D eigenvalue weighted by molar-refractivity contribution is 5.49. The van der Waals surface area contributed by atoms with Gasteiger partial charge in [-0.15, -0.1) is 0 Å². The van der Waals surface area contributed by atoms with Gasteiger partial charge in [-0.25, -0.2) is 0 Å². The number of rotatable bonds is 2. The van der Waals surface area contributed by atoms with Crippen LogP contribution in [0.5, 0.6) is 0 Å². The first-order valence-electron chi connectivity index (χ1n) is 5.55. The molecular weight excluding hydrogens is 174 g/mol. The third-order valence-electron chi connectivity index (χ3n) is 3.35. The molecule has 3 N–H and O–H groups in total. The molecular formula is C11H17N3. The first kappa shape index (κ1) is 8.36. The summed E-state index contributed by atoms with van der Waals surface area (Å²) in [5.74, 6) is 2.02. The zero-order valence-corrected chi connectivity index (χ0v) is 8.37. The number of nitrogens with zero attached hydrogens (tertiary/aromatic N) is 1. The van der Waals surface area contributed by atoms with Crippen molar-refractivity contribution < 1.29 is 0 Å². The van der Waals surface area contributed by atoms with Gasteiger partial charge >= 0.3 is 0 Å². The second kappa shape index (κ2) is 3.02. The number of hydrogen-bond donors (Lipinski definition) is 2. The van der Waals surface area contributed by atoms with Crippen molar-refractivity contribution in [3.63, 3.8) is 0 Å². The van der Waals surface area contributed by atoms with Crippen LogP contribution in [0.25, 0.3) is 0 Å². The van der Waals surface area contributed by atoms with E-state index in [2.05, 4.69) is 22.1 Å². The molecule has 0 saturated heterocycles. The predicted molar refractivity (Wildman–Crippen MR) is 57.2 cm³/mol. The molecule has 2 heterocycles. The lowest BCUT2D eigenvalue weighted by Crippen LogP contribution is -2.20. The molecule has 1 fully saturated rings. The van der Waals surface area contributed by atoms with Crippen LogP contribution in [0.15, 0.2) is 12.3 Å². The van der Waals surface area contributed by atoms with Crippen molar-refractivity contribution in [3.05, 3.63) is 17.8 Å². The summed E-state index contributed by atoms with van der Waals surface area (Å²) in [5.41, 5.74) is 7.54. The van der Waals surface area contributed by atoms with E-state index >= 15 is 0 Å². The maximum absolute atomic E-state index is 6.22. The maximum atomic E-state index is 6.22. The van der Waals surface area contributed by atoms with Gasteiger partial charge in [-0.1, -0.05) is 0 Å². The van der Waals surface area contributed by atoms with Crippen molar-refractivity contribution in [2.75, 3.05) is 11.9 Å². The monoisotopic (exact) mass is 191 g/mol. The van der Waals surface area contributed by atoms with E-state index in [4.69, 9.17) is 5.73 Å². The molecule has 0 aromatic carbocycles. The smallest absolute Gasteiger partial charge is 0.110 e. The van der Waals surface area contributed by atoms with Crippen molar-refractivity contribution in [3.8, 4) is 0 Å². The minimum Gasteiger partial charge on any atom is -0.371 e. The lowest BCUT2D eigenvalue weighted by atomic mass is 10.1. The molecule has 14 heavy (non-hydrogen) atoms. The fourth-order valence-electron chi connectivity index (χ4n) is 2.31. The Morgan fingerprint density at radius 1 is 1.50 bits per heavy atom. The van der Waals surface area contributed by atoms with Crippen molar-refractivity contribution >= 4 is 5.82 Å². The van der Waals surface area contributed by atoms with E-state index in [1.807, 2.05) is 0 Å². The van der Waals surface area contributed by atoms with Crippen molar-refractivity contribution in [1.82, 2.24) is 4.57 Å². The Balaban J connectivity index is 1.92. The minimum atomic E-state index is 0.261. The Hall–Kier alpha value is -0.960. The number of anilines is 1. The summed E-state index contributed by atoms with van der Waals surface area (Å²) in [4.78, 5) is 0. The lowest BCUT2D eigenvalue weighted by molar-refractivity contribution is 0.607. The molecule has 3 heteroatoms. The van der Waals surface area contributed by atoms with Crippen molar-refractivity contribution in [1.29, 1.82) is 0 Å². The predicted octanol–water partition coefficient (Wildman–Crippen LogP) is 1.71. The van der Waals surface area contributed by atoms with Gasteiger partial charge in [-0.2, -0.15) is 0 Å². The third kappa shape index (κ3) is 1.23. The first-order valence-corrected chi connectivity index (χ1v) is 5.55. The van der Waals surface area contributed by atoms with Crippen LogP contribution < -0.4 is 11.1 Å². The number of aromatic nitrogens is 1. The van der Waals surface area contributed by atoms with Gasteiger partial charge in [0.25, 0.3) is 0 Å². The Labute approximate surface area is 84.3 Å². The molecule has 1 unspecified atom stereocenters. The zero-order chi connectivity index (χ0) is 9.54. The second-order valence-electron chi connectivity index (χ2n) is 4.46. The average Bonchev–Trinajstić information content (AvgIpc) is 2.97. The van der Waals surface area contributed by atoms with Gasteiger partial charge in [0, 0.05) is 30.9 Å². The molecule has 0 spiro atoms. The summed E-state index contributed by atoms with van der Waals surface area (Å²) in [7, 11) is 0. The van der Waals surface area contributed by atoms with E-state index < -0.39 is 0 Å². The van der Waals surface area contributed by atoms with E-state index in [1.165, 1.54) is 30.6 Å². The van der Waals surface area contributed by atoms with Crippen molar-refractivity contribution in [2.24, 2.45) is 11.7 Å². The first-order chi connectivity index (χ1) is 6.86. The summed E-state index contributed by atoms with van der Waals surface area (Å²) < 4.78 is 2.29. The molecule has 0 bridgehead atoms. The normalized spacial score (nSPS) is 22.6. The van der Waals surface area contributed by atoms with Crippen LogP contribution in [0.1, 0.15) is 30.9 Å². The quantitative estimate of drug-likeness (QED) is 0.747. The minimum absolute atomic E-state index is 0.261. The lowest BCUT2D eigenvalue weighted by Gasteiger charge is -2.20. The molecule has 1 aliphatic carbocycles. The third-order valence-corrected chi connectivity index (χ3v) is 3.35. The summed E-state index contributed by atoms with van der Waals surface area (Å²) in [6, 6.07) is 2.45. The van der Waals surface area contributed by atoms with Crippen LogP contribution in [0.3, 0.4) is 0 Å². The van der Waals surface area contributed by atoms with Crippen LogP contribution in [0.4, 0.5) is 5.82 Å². The largest absolute Gasteiger partial charge is 0.371 e. The van der Waals surface area contributed by atoms with E-state index in [0.717, 1.165) is 19.0 Å². The van der Waals surface area contributed by atoms with Crippen molar-refractivity contribution in [2.45, 2.75) is 31.8 Å². The second-order valence-corrected chi connectivity index (χ2v) is 4.46. The Morgan fingerprint density at radius 3 is 3.14 bits per heavy atom. The molecule has 1 aliphatic heterocycles. The molecule has 3 rings (SSSR count). The molecule has 1 aromatic rings. The van der Waals surface area contributed by atoms with Gasteiger partial charge in [0.1, 0.15) is 5.82 Å². The summed E-state index contributed by atoms with van der Waals surface area (Å²) in [6.07, 6.45) is 6.01. The maximum Gasteiger partial charge on any atom is 0.110 e. The topological polar surface area (TPSA) is 43.0 Å². The van der Waals surface area contributed by atoms with Gasteiger partial charge in [0.05, 0.1) is 0 Å². The number of nitrogens with two attached hydrogens (primary N) is 1. The molecule has 76 valence electrons. The zero-order valence-electron chi connectivity index (χ0n) is 8.37. The Kier molecular flexibility index (Phi) is 1.80. The standard InChI is InChI=1S/C11H17N3/c12-10(8-2-3-8)9-4-7-14-6-1-5-13-11(9)14/h4,7-8,10,13H,1-3,5-6,12H2. The van der Waals surface area contributed by atoms with Crippen LogP contribution in [-0.2, 0) is 6.54 Å². The van der Waals surface area contributed by atoms with Crippen LogP contribution in [-0.4, -0.2) is 11.1 Å². The fourth-order valence-corrected chi connectivity index (χ4v) is 2.31. The summed E-state index contributed by atoms with van der Waals surface area (Å²) >= 11 is 0. The average molecular weight is 191 g/mol. The Morgan fingerprint density at radius 2 is 2.36 bits per heavy atom. The number of nitrogens with one attached hydrogen (secondary N) is 1. The van der Waals surface area contributed by atoms with E-state index in [1.54, 1.807) is 0 Å². The molecule has 2 aliphatic rings. The highest BCUT2D eigenvalue weighted by Gasteiger charge is 2.32.